The van der Waals surface area contributed by atoms with Crippen LogP contribution in [-0.4, -0.2) is 23.5 Å². The van der Waals surface area contributed by atoms with Gasteiger partial charge in [0.15, 0.2) is 0 Å². The zero-order chi connectivity index (χ0) is 12.1. The molecule has 16 heavy (non-hydrogen) atoms. The molecule has 2 N–H and O–H groups in total. The van der Waals surface area contributed by atoms with Crippen molar-refractivity contribution in [3.05, 3.63) is 0 Å². The first-order valence-corrected chi connectivity index (χ1v) is 6.03. The molecule has 1 fully saturated rings. The highest BCUT2D eigenvalue weighted by Crippen LogP contribution is 2.30. The molecule has 4 heteroatoms. The molecule has 1 aliphatic carbocycles. The van der Waals surface area contributed by atoms with E-state index in [1.165, 1.54) is 0 Å². The number of carboxylic acids is 1. The molecular formula is C12H21NO3. The Morgan fingerprint density at radius 1 is 1.25 bits per heavy atom. The van der Waals surface area contributed by atoms with E-state index >= 15 is 0 Å². The van der Waals surface area contributed by atoms with E-state index in [2.05, 4.69) is 5.32 Å². The van der Waals surface area contributed by atoms with Crippen LogP contribution in [0.15, 0.2) is 0 Å². The summed E-state index contributed by atoms with van der Waals surface area (Å²) in [5.74, 6) is -1.33. The maximum Gasteiger partial charge on any atom is 0.307 e. The van der Waals surface area contributed by atoms with Crippen molar-refractivity contribution >= 4 is 11.9 Å². The molecule has 4 nitrogen and oxygen atoms in total. The first-order chi connectivity index (χ1) is 7.52. The van der Waals surface area contributed by atoms with Crippen LogP contribution in [0.5, 0.6) is 0 Å². The average molecular weight is 227 g/mol. The molecule has 0 aliphatic heterocycles. The lowest BCUT2D eigenvalue weighted by molar-refractivity contribution is -0.148. The highest BCUT2D eigenvalue weighted by atomic mass is 16.4. The molecule has 1 saturated carbocycles. The summed E-state index contributed by atoms with van der Waals surface area (Å²) < 4.78 is 0. The normalized spacial score (nSPS) is 25.4. The maximum absolute atomic E-state index is 11.8. The number of hydrogen-bond donors (Lipinski definition) is 2. The van der Waals surface area contributed by atoms with Crippen LogP contribution in [0.25, 0.3) is 0 Å². The second-order valence-electron chi connectivity index (χ2n) is 4.97. The van der Waals surface area contributed by atoms with Gasteiger partial charge in [-0.2, -0.15) is 0 Å². The molecule has 2 atom stereocenters. The number of aliphatic carboxylic acids is 1. The van der Waals surface area contributed by atoms with Gasteiger partial charge in [0.05, 0.1) is 11.8 Å². The molecule has 0 unspecified atom stereocenters. The van der Waals surface area contributed by atoms with Crippen LogP contribution in [0.4, 0.5) is 0 Å². The van der Waals surface area contributed by atoms with Crippen molar-refractivity contribution in [2.24, 2.45) is 17.8 Å². The van der Waals surface area contributed by atoms with Gasteiger partial charge < -0.3 is 10.4 Å². The smallest absolute Gasteiger partial charge is 0.307 e. The molecule has 0 bridgehead atoms. The molecule has 1 amide bonds. The summed E-state index contributed by atoms with van der Waals surface area (Å²) in [4.78, 5) is 22.9. The number of rotatable bonds is 4. The molecule has 0 aromatic heterocycles. The van der Waals surface area contributed by atoms with Gasteiger partial charge in [-0.15, -0.1) is 0 Å². The van der Waals surface area contributed by atoms with Crippen LogP contribution < -0.4 is 5.32 Å². The fourth-order valence-electron chi connectivity index (χ4n) is 2.18. The van der Waals surface area contributed by atoms with E-state index in [1.54, 1.807) is 0 Å². The quantitative estimate of drug-likeness (QED) is 0.767. The largest absolute Gasteiger partial charge is 0.481 e. The third-order valence-corrected chi connectivity index (χ3v) is 3.10. The molecule has 0 spiro atoms. The van der Waals surface area contributed by atoms with Crippen LogP contribution in [0.1, 0.15) is 39.5 Å². The Morgan fingerprint density at radius 2 is 1.81 bits per heavy atom. The van der Waals surface area contributed by atoms with Crippen LogP contribution in [-0.2, 0) is 9.59 Å². The van der Waals surface area contributed by atoms with Gasteiger partial charge in [-0.1, -0.05) is 26.7 Å². The first kappa shape index (κ1) is 13.0. The van der Waals surface area contributed by atoms with Gasteiger partial charge in [-0.25, -0.2) is 0 Å². The number of amides is 1. The van der Waals surface area contributed by atoms with Gasteiger partial charge in [-0.3, -0.25) is 9.59 Å². The van der Waals surface area contributed by atoms with Gasteiger partial charge in [0.2, 0.25) is 5.91 Å². The number of hydrogen-bond acceptors (Lipinski definition) is 2. The van der Waals surface area contributed by atoms with Crippen molar-refractivity contribution in [1.29, 1.82) is 0 Å². The second kappa shape index (κ2) is 5.87. The Balaban J connectivity index is 2.54. The molecule has 0 radical (unpaired) electrons. The molecule has 0 aromatic carbocycles. The highest BCUT2D eigenvalue weighted by Gasteiger charge is 2.35. The summed E-state index contributed by atoms with van der Waals surface area (Å²) in [5.41, 5.74) is 0. The topological polar surface area (TPSA) is 66.4 Å². The van der Waals surface area contributed by atoms with E-state index < -0.39 is 11.9 Å². The summed E-state index contributed by atoms with van der Waals surface area (Å²) in [6.45, 7) is 4.67. The van der Waals surface area contributed by atoms with Gasteiger partial charge in [0.25, 0.3) is 0 Å². The minimum Gasteiger partial charge on any atom is -0.481 e. The van der Waals surface area contributed by atoms with Crippen molar-refractivity contribution in [1.82, 2.24) is 5.32 Å². The average Bonchev–Trinajstić information content (AvgIpc) is 2.25. The maximum atomic E-state index is 11.8. The molecule has 1 aliphatic rings. The minimum atomic E-state index is -0.829. The predicted molar refractivity (Wildman–Crippen MR) is 60.9 cm³/mol. The highest BCUT2D eigenvalue weighted by molar-refractivity contribution is 5.84. The molecule has 1 rings (SSSR count). The standard InChI is InChI=1S/C12H21NO3/c1-8(2)7-13-11(14)9-5-3-4-6-10(9)12(15)16/h8-10H,3-7H2,1-2H3,(H,13,14)(H,15,16)/t9-,10+/m0/s1. The van der Waals surface area contributed by atoms with Crippen molar-refractivity contribution in [2.75, 3.05) is 6.54 Å². The number of carbonyl (C=O) groups is 2. The lowest BCUT2D eigenvalue weighted by Crippen LogP contribution is -2.40. The fraction of sp³-hybridized carbons (Fsp3) is 0.833. The van der Waals surface area contributed by atoms with Crippen LogP contribution in [0.3, 0.4) is 0 Å². The van der Waals surface area contributed by atoms with E-state index in [4.69, 9.17) is 5.11 Å². The Kier molecular flexibility index (Phi) is 4.77. The van der Waals surface area contributed by atoms with Gasteiger partial charge in [-0.05, 0) is 18.8 Å². The van der Waals surface area contributed by atoms with Crippen molar-refractivity contribution in [3.8, 4) is 0 Å². The van der Waals surface area contributed by atoms with Gasteiger partial charge in [0, 0.05) is 6.54 Å². The third kappa shape index (κ3) is 3.51. The predicted octanol–water partition coefficient (Wildman–Crippen LogP) is 1.65. The molecule has 0 saturated heterocycles. The summed E-state index contributed by atoms with van der Waals surface area (Å²) in [6, 6.07) is 0. The lowest BCUT2D eigenvalue weighted by atomic mass is 9.78. The zero-order valence-corrected chi connectivity index (χ0v) is 10.0. The van der Waals surface area contributed by atoms with E-state index in [9.17, 15) is 9.59 Å². The molecule has 92 valence electrons. The second-order valence-corrected chi connectivity index (χ2v) is 4.97. The van der Waals surface area contributed by atoms with Crippen LogP contribution >= 0.6 is 0 Å². The Morgan fingerprint density at radius 3 is 2.31 bits per heavy atom. The van der Waals surface area contributed by atoms with E-state index in [0.717, 1.165) is 12.8 Å². The van der Waals surface area contributed by atoms with E-state index in [-0.39, 0.29) is 11.8 Å². The zero-order valence-electron chi connectivity index (χ0n) is 10.0. The number of carboxylic acid groups (broad SMARTS) is 1. The SMILES string of the molecule is CC(C)CNC(=O)[C@H]1CCCC[C@H]1C(=O)O. The lowest BCUT2D eigenvalue weighted by Gasteiger charge is -2.27. The summed E-state index contributed by atoms with van der Waals surface area (Å²) in [6.07, 6.45) is 3.23. The minimum absolute atomic E-state index is 0.0826. The van der Waals surface area contributed by atoms with Crippen LogP contribution in [0.2, 0.25) is 0 Å². The van der Waals surface area contributed by atoms with E-state index in [1.807, 2.05) is 13.8 Å². The Hall–Kier alpha value is -1.06. The van der Waals surface area contributed by atoms with Gasteiger partial charge in [0.1, 0.15) is 0 Å². The van der Waals surface area contributed by atoms with E-state index in [0.29, 0.717) is 25.3 Å². The molecule has 0 aromatic rings. The first-order valence-electron chi connectivity index (χ1n) is 6.03. The van der Waals surface area contributed by atoms with Gasteiger partial charge >= 0.3 is 5.97 Å². The summed E-state index contributed by atoms with van der Waals surface area (Å²) >= 11 is 0. The summed E-state index contributed by atoms with van der Waals surface area (Å²) in [5, 5.41) is 11.9. The number of carbonyl (C=O) groups excluding carboxylic acids is 1. The van der Waals surface area contributed by atoms with Crippen molar-refractivity contribution < 1.29 is 14.7 Å². The monoisotopic (exact) mass is 227 g/mol. The third-order valence-electron chi connectivity index (χ3n) is 3.10. The Bertz CT molecular complexity index is 263. The van der Waals surface area contributed by atoms with Crippen molar-refractivity contribution in [2.45, 2.75) is 39.5 Å². The summed E-state index contributed by atoms with van der Waals surface area (Å²) in [7, 11) is 0. The molecule has 0 heterocycles. The molecular weight excluding hydrogens is 206 g/mol. The van der Waals surface area contributed by atoms with Crippen molar-refractivity contribution in [3.63, 3.8) is 0 Å². The number of nitrogens with one attached hydrogen (secondary N) is 1. The van der Waals surface area contributed by atoms with Crippen LogP contribution in [0, 0.1) is 17.8 Å². The Labute approximate surface area is 96.4 Å². The fourth-order valence-corrected chi connectivity index (χ4v) is 2.18.